The van der Waals surface area contributed by atoms with Crippen molar-refractivity contribution < 1.29 is 5.11 Å². The standard InChI is InChI=1S/C20H22N6O2/c27-15-8-12-25(13-15)18-5-9-21-19(23-18)24-10-6-14(7-11-24)26-17-4-2-1-3-16(17)22-20(26)28/h1-6,9,15,27H,7-8,10-13H2,(H,22,28). The molecule has 1 unspecified atom stereocenters. The van der Waals surface area contributed by atoms with Crippen molar-refractivity contribution in [3.8, 4) is 0 Å². The summed E-state index contributed by atoms with van der Waals surface area (Å²) < 4.78 is 1.76. The monoisotopic (exact) mass is 378 g/mol. The van der Waals surface area contributed by atoms with Crippen molar-refractivity contribution in [1.82, 2.24) is 19.5 Å². The van der Waals surface area contributed by atoms with E-state index in [0.29, 0.717) is 19.0 Å². The summed E-state index contributed by atoms with van der Waals surface area (Å²) in [5, 5.41) is 9.76. The Morgan fingerprint density at radius 3 is 2.82 bits per heavy atom. The summed E-state index contributed by atoms with van der Waals surface area (Å²) in [5.41, 5.74) is 2.64. The van der Waals surface area contributed by atoms with Gasteiger partial charge in [0.25, 0.3) is 0 Å². The Morgan fingerprint density at radius 1 is 1.14 bits per heavy atom. The molecule has 0 aliphatic carbocycles. The maximum absolute atomic E-state index is 12.4. The molecule has 2 aliphatic rings. The topological polar surface area (TPSA) is 90.3 Å². The fourth-order valence-electron chi connectivity index (χ4n) is 4.00. The van der Waals surface area contributed by atoms with Crippen LogP contribution in [0.25, 0.3) is 16.7 Å². The third-order valence-corrected chi connectivity index (χ3v) is 5.46. The minimum atomic E-state index is -0.284. The zero-order valence-electron chi connectivity index (χ0n) is 15.5. The molecule has 4 heterocycles. The van der Waals surface area contributed by atoms with Crippen molar-refractivity contribution in [2.24, 2.45) is 0 Å². The zero-order valence-corrected chi connectivity index (χ0v) is 15.5. The van der Waals surface area contributed by atoms with Crippen LogP contribution in [-0.2, 0) is 0 Å². The number of aliphatic hydroxyl groups excluding tert-OH is 1. The number of aromatic nitrogens is 4. The van der Waals surface area contributed by atoms with Crippen LogP contribution in [0.5, 0.6) is 0 Å². The van der Waals surface area contributed by atoms with Crippen molar-refractivity contribution in [3.63, 3.8) is 0 Å². The lowest BCUT2D eigenvalue weighted by Gasteiger charge is -2.27. The Hall–Kier alpha value is -3.13. The van der Waals surface area contributed by atoms with Gasteiger partial charge in [0.15, 0.2) is 0 Å². The van der Waals surface area contributed by atoms with Gasteiger partial charge in [0.1, 0.15) is 5.82 Å². The summed E-state index contributed by atoms with van der Waals surface area (Å²) in [4.78, 5) is 28.6. The number of hydrogen-bond donors (Lipinski definition) is 2. The van der Waals surface area contributed by atoms with Gasteiger partial charge in [-0.1, -0.05) is 12.1 Å². The van der Waals surface area contributed by atoms with E-state index in [2.05, 4.69) is 25.8 Å². The first kappa shape index (κ1) is 17.0. The van der Waals surface area contributed by atoms with Gasteiger partial charge in [-0.15, -0.1) is 0 Å². The molecule has 0 saturated carbocycles. The van der Waals surface area contributed by atoms with Crippen LogP contribution < -0.4 is 15.5 Å². The molecule has 1 atom stereocenters. The van der Waals surface area contributed by atoms with E-state index < -0.39 is 0 Å². The van der Waals surface area contributed by atoms with Crippen LogP contribution in [0.1, 0.15) is 12.8 Å². The van der Waals surface area contributed by atoms with Gasteiger partial charge >= 0.3 is 5.69 Å². The Morgan fingerprint density at radius 2 is 2.04 bits per heavy atom. The third-order valence-electron chi connectivity index (χ3n) is 5.46. The Balaban J connectivity index is 1.39. The summed E-state index contributed by atoms with van der Waals surface area (Å²) in [6, 6.07) is 9.62. The predicted molar refractivity (Wildman–Crippen MR) is 109 cm³/mol. The van der Waals surface area contributed by atoms with Crippen LogP contribution in [0.2, 0.25) is 0 Å². The van der Waals surface area contributed by atoms with Gasteiger partial charge in [0.2, 0.25) is 5.95 Å². The normalized spacial score (nSPS) is 20.0. The van der Waals surface area contributed by atoms with E-state index in [0.717, 1.165) is 48.5 Å². The molecule has 2 aliphatic heterocycles. The number of imidazole rings is 1. The highest BCUT2D eigenvalue weighted by Crippen LogP contribution is 2.24. The molecule has 8 nitrogen and oxygen atoms in total. The van der Waals surface area contributed by atoms with E-state index in [1.54, 1.807) is 10.8 Å². The van der Waals surface area contributed by atoms with Gasteiger partial charge < -0.3 is 19.9 Å². The van der Waals surface area contributed by atoms with Crippen molar-refractivity contribution in [1.29, 1.82) is 0 Å². The van der Waals surface area contributed by atoms with E-state index in [-0.39, 0.29) is 11.8 Å². The molecule has 0 radical (unpaired) electrons. The second-order valence-corrected chi connectivity index (χ2v) is 7.28. The molecule has 2 N–H and O–H groups in total. The predicted octanol–water partition coefficient (Wildman–Crippen LogP) is 1.44. The summed E-state index contributed by atoms with van der Waals surface area (Å²) in [6.45, 7) is 2.81. The summed E-state index contributed by atoms with van der Waals surface area (Å²) in [7, 11) is 0. The first-order valence-corrected chi connectivity index (χ1v) is 9.59. The number of rotatable bonds is 3. The SMILES string of the molecule is O=c1[nH]c2ccccc2n1C1=CCN(c2nccc(N3CCC(O)C3)n2)CC1. The van der Waals surface area contributed by atoms with E-state index in [1.807, 2.05) is 30.3 Å². The lowest BCUT2D eigenvalue weighted by Crippen LogP contribution is -2.32. The average molecular weight is 378 g/mol. The molecule has 8 heteroatoms. The van der Waals surface area contributed by atoms with Gasteiger partial charge in [-0.2, -0.15) is 4.98 Å². The molecular weight excluding hydrogens is 356 g/mol. The Bertz CT molecular complexity index is 1100. The van der Waals surface area contributed by atoms with Crippen molar-refractivity contribution in [3.05, 3.63) is 53.1 Å². The number of anilines is 2. The summed E-state index contributed by atoms with van der Waals surface area (Å²) in [6.07, 6.45) is 5.06. The van der Waals surface area contributed by atoms with E-state index in [4.69, 9.17) is 4.98 Å². The highest BCUT2D eigenvalue weighted by atomic mass is 16.3. The molecule has 2 aromatic heterocycles. The molecule has 1 fully saturated rings. The molecule has 1 saturated heterocycles. The molecule has 0 amide bonds. The third kappa shape index (κ3) is 2.95. The molecule has 5 rings (SSSR count). The number of benzene rings is 1. The number of hydrogen-bond acceptors (Lipinski definition) is 6. The number of nitrogens with zero attached hydrogens (tertiary/aromatic N) is 5. The van der Waals surface area contributed by atoms with Crippen molar-refractivity contribution in [2.45, 2.75) is 18.9 Å². The van der Waals surface area contributed by atoms with Crippen molar-refractivity contribution >= 4 is 28.5 Å². The lowest BCUT2D eigenvalue weighted by atomic mass is 10.2. The first-order valence-electron chi connectivity index (χ1n) is 9.59. The quantitative estimate of drug-likeness (QED) is 0.717. The number of para-hydroxylation sites is 2. The Kier molecular flexibility index (Phi) is 4.12. The molecule has 0 bridgehead atoms. The fourth-order valence-corrected chi connectivity index (χ4v) is 4.00. The molecular formula is C20H22N6O2. The zero-order chi connectivity index (χ0) is 19.1. The maximum Gasteiger partial charge on any atom is 0.330 e. The van der Waals surface area contributed by atoms with Crippen LogP contribution in [0.4, 0.5) is 11.8 Å². The van der Waals surface area contributed by atoms with Crippen molar-refractivity contribution in [2.75, 3.05) is 36.0 Å². The number of aromatic amines is 1. The largest absolute Gasteiger partial charge is 0.391 e. The number of nitrogens with one attached hydrogen (secondary N) is 1. The average Bonchev–Trinajstić information content (AvgIpc) is 3.30. The van der Waals surface area contributed by atoms with Gasteiger partial charge in [0.05, 0.1) is 17.1 Å². The van der Waals surface area contributed by atoms with E-state index >= 15 is 0 Å². The number of aliphatic hydroxyl groups is 1. The van der Waals surface area contributed by atoms with E-state index in [1.165, 1.54) is 0 Å². The number of fused-ring (bicyclic) bond motifs is 1. The minimum absolute atomic E-state index is 0.105. The highest BCUT2D eigenvalue weighted by Gasteiger charge is 2.23. The first-order chi connectivity index (χ1) is 13.7. The molecule has 28 heavy (non-hydrogen) atoms. The molecule has 0 spiro atoms. The van der Waals surface area contributed by atoms with Crippen LogP contribution in [0.3, 0.4) is 0 Å². The van der Waals surface area contributed by atoms with Gasteiger partial charge in [0, 0.05) is 44.5 Å². The number of H-pyrrole nitrogens is 1. The van der Waals surface area contributed by atoms with Gasteiger partial charge in [-0.05, 0) is 30.7 Å². The summed E-state index contributed by atoms with van der Waals surface area (Å²) >= 11 is 0. The second kappa shape index (κ2) is 6.79. The van der Waals surface area contributed by atoms with Gasteiger partial charge in [-0.3, -0.25) is 4.57 Å². The maximum atomic E-state index is 12.4. The van der Waals surface area contributed by atoms with Crippen LogP contribution in [-0.4, -0.2) is 56.9 Å². The van der Waals surface area contributed by atoms with Crippen LogP contribution in [0.15, 0.2) is 47.4 Å². The molecule has 1 aromatic carbocycles. The lowest BCUT2D eigenvalue weighted by molar-refractivity contribution is 0.198. The number of β-amino-alcohol motifs (C(OH)–C–C–N with tert-alkyl or cyclic N) is 1. The van der Waals surface area contributed by atoms with Crippen LogP contribution in [0, 0.1) is 0 Å². The summed E-state index contributed by atoms with van der Waals surface area (Å²) in [5.74, 6) is 1.53. The van der Waals surface area contributed by atoms with Crippen LogP contribution >= 0.6 is 0 Å². The second-order valence-electron chi connectivity index (χ2n) is 7.28. The smallest absolute Gasteiger partial charge is 0.330 e. The molecule has 144 valence electrons. The van der Waals surface area contributed by atoms with E-state index in [9.17, 15) is 9.90 Å². The fraction of sp³-hybridized carbons (Fsp3) is 0.350. The molecule has 3 aromatic rings. The Labute approximate surface area is 161 Å². The van der Waals surface area contributed by atoms with Gasteiger partial charge in [-0.25, -0.2) is 9.78 Å². The minimum Gasteiger partial charge on any atom is -0.391 e. The highest BCUT2D eigenvalue weighted by molar-refractivity contribution is 5.79.